The molecule has 0 radical (unpaired) electrons. The molecule has 0 saturated heterocycles. The van der Waals surface area contributed by atoms with Crippen molar-refractivity contribution in [3.63, 3.8) is 0 Å². The summed E-state index contributed by atoms with van der Waals surface area (Å²) in [6, 6.07) is 17.8. The van der Waals surface area contributed by atoms with Crippen molar-refractivity contribution in [2.45, 2.75) is 17.7 Å². The molecule has 1 aliphatic carbocycles. The smallest absolute Gasteiger partial charge is 0.295 e. The van der Waals surface area contributed by atoms with Crippen LogP contribution >= 0.6 is 0 Å². The highest BCUT2D eigenvalue weighted by Crippen LogP contribution is 2.42. The highest BCUT2D eigenvalue weighted by atomic mass is 32.2. The maximum Gasteiger partial charge on any atom is 0.295 e. The van der Waals surface area contributed by atoms with Crippen LogP contribution in [0.1, 0.15) is 12.0 Å². The first-order valence-electron chi connectivity index (χ1n) is 10.4. The van der Waals surface area contributed by atoms with Crippen LogP contribution in [0, 0.1) is 0 Å². The Labute approximate surface area is 186 Å². The topological polar surface area (TPSA) is 132 Å². The second kappa shape index (κ2) is 9.22. The number of hydrogen-bond acceptors (Lipinski definition) is 6. The van der Waals surface area contributed by atoms with E-state index in [1.165, 1.54) is 6.07 Å². The predicted molar refractivity (Wildman–Crippen MR) is 125 cm³/mol. The van der Waals surface area contributed by atoms with Gasteiger partial charge in [0.15, 0.2) is 0 Å². The number of rotatable bonds is 7. The van der Waals surface area contributed by atoms with Crippen molar-refractivity contribution in [2.24, 2.45) is 16.5 Å². The zero-order chi connectivity index (χ0) is 22.7. The minimum absolute atomic E-state index is 0.155. The van der Waals surface area contributed by atoms with Crippen molar-refractivity contribution in [2.75, 3.05) is 19.6 Å². The summed E-state index contributed by atoms with van der Waals surface area (Å²) >= 11 is 0. The minimum Gasteiger partial charge on any atom is -0.456 e. The molecule has 1 heterocycles. The Hall–Kier alpha value is -3.04. The molecule has 0 unspecified atom stereocenters. The van der Waals surface area contributed by atoms with E-state index >= 15 is 0 Å². The minimum atomic E-state index is -4.44. The average molecular weight is 452 g/mol. The lowest BCUT2D eigenvalue weighted by molar-refractivity contribution is 0.483. The van der Waals surface area contributed by atoms with Crippen LogP contribution in [0.2, 0.25) is 0 Å². The molecule has 32 heavy (non-hydrogen) atoms. The monoisotopic (exact) mass is 451 g/mol. The Morgan fingerprint density at radius 2 is 1.75 bits per heavy atom. The summed E-state index contributed by atoms with van der Waals surface area (Å²) in [6.07, 6.45) is 1.66. The highest BCUT2D eigenvalue weighted by molar-refractivity contribution is 7.86. The fourth-order valence-corrected chi connectivity index (χ4v) is 4.56. The number of benzene rings is 3. The zero-order valence-corrected chi connectivity index (χ0v) is 18.3. The van der Waals surface area contributed by atoms with Crippen LogP contribution < -0.4 is 16.8 Å². The Morgan fingerprint density at radius 3 is 2.50 bits per heavy atom. The van der Waals surface area contributed by atoms with E-state index in [2.05, 4.69) is 4.99 Å². The molecule has 5 N–H and O–H groups in total. The lowest BCUT2D eigenvalue weighted by atomic mass is 9.93. The quantitative estimate of drug-likeness (QED) is 0.292. The first-order valence-corrected chi connectivity index (χ1v) is 11.8. The second-order valence-electron chi connectivity index (χ2n) is 7.52. The van der Waals surface area contributed by atoms with Crippen LogP contribution in [0.3, 0.4) is 0 Å². The average Bonchev–Trinajstić information content (AvgIpc) is 2.79. The van der Waals surface area contributed by atoms with Crippen molar-refractivity contribution in [1.82, 2.24) is 0 Å². The van der Waals surface area contributed by atoms with E-state index in [-0.39, 0.29) is 4.90 Å². The maximum atomic E-state index is 12.1. The molecule has 7 nitrogen and oxygen atoms in total. The number of hydrogen-bond donors (Lipinski definition) is 3. The molecule has 0 spiro atoms. The summed E-state index contributed by atoms with van der Waals surface area (Å²) < 4.78 is 40.4. The molecule has 2 aromatic rings. The van der Waals surface area contributed by atoms with E-state index in [1.54, 1.807) is 18.2 Å². The third kappa shape index (κ3) is 4.44. The van der Waals surface area contributed by atoms with Gasteiger partial charge in [-0.05, 0) is 49.2 Å². The molecule has 8 heteroatoms. The lowest BCUT2D eigenvalue weighted by Gasteiger charge is -2.17. The molecule has 0 fully saturated rings. The molecule has 0 aromatic heterocycles. The van der Waals surface area contributed by atoms with Gasteiger partial charge in [0.25, 0.3) is 10.1 Å². The Kier molecular flexibility index (Phi) is 6.38. The van der Waals surface area contributed by atoms with E-state index in [4.69, 9.17) is 15.9 Å². The molecule has 1 aliphatic heterocycles. The maximum absolute atomic E-state index is 12.1. The van der Waals surface area contributed by atoms with Crippen LogP contribution in [0.5, 0.6) is 0 Å². The second-order valence-corrected chi connectivity index (χ2v) is 8.91. The van der Waals surface area contributed by atoms with Crippen molar-refractivity contribution >= 4 is 21.1 Å². The van der Waals surface area contributed by atoms with Crippen molar-refractivity contribution in [1.29, 1.82) is 0 Å². The van der Waals surface area contributed by atoms with Crippen LogP contribution in [-0.2, 0) is 16.5 Å². The van der Waals surface area contributed by atoms with Gasteiger partial charge < -0.3 is 15.9 Å². The lowest BCUT2D eigenvalue weighted by Crippen LogP contribution is -2.09. The van der Waals surface area contributed by atoms with Crippen molar-refractivity contribution in [3.8, 4) is 22.5 Å². The molecule has 166 valence electrons. The van der Waals surface area contributed by atoms with E-state index in [0.717, 1.165) is 34.7 Å². The largest absolute Gasteiger partial charge is 0.456 e. The van der Waals surface area contributed by atoms with Gasteiger partial charge in [0.05, 0.1) is 11.9 Å². The summed E-state index contributed by atoms with van der Waals surface area (Å²) in [5.41, 5.74) is 14.7. The summed E-state index contributed by atoms with van der Waals surface area (Å²) in [6.45, 7) is 1.51. The first kappa shape index (κ1) is 22.2. The van der Waals surface area contributed by atoms with Gasteiger partial charge in [-0.1, -0.05) is 30.3 Å². The van der Waals surface area contributed by atoms with Crippen LogP contribution in [-0.4, -0.2) is 32.6 Å². The predicted octanol–water partition coefficient (Wildman–Crippen LogP) is 3.20. The fraction of sp³-hybridized carbons (Fsp3) is 0.208. The van der Waals surface area contributed by atoms with Gasteiger partial charge in [0.2, 0.25) is 0 Å². The van der Waals surface area contributed by atoms with Crippen molar-refractivity contribution in [3.05, 3.63) is 71.6 Å². The molecule has 0 bridgehead atoms. The van der Waals surface area contributed by atoms with Gasteiger partial charge in [-0.25, -0.2) is 0 Å². The molecule has 0 atom stereocenters. The van der Waals surface area contributed by atoms with Gasteiger partial charge in [-0.15, -0.1) is 0 Å². The first-order chi connectivity index (χ1) is 15.4. The Balaban J connectivity index is 2.08. The molecular weight excluding hydrogens is 426 g/mol. The zero-order valence-electron chi connectivity index (χ0n) is 17.5. The number of nitrogens with zero attached hydrogens (tertiary/aromatic N) is 1. The van der Waals surface area contributed by atoms with Gasteiger partial charge >= 0.3 is 0 Å². The molecule has 0 saturated carbocycles. The normalized spacial score (nSPS) is 12.7. The SMILES string of the molecule is NCCCc1ccc2c(-c3ccccc3S(=O)(=O)O)c3ccc(=NCCN)cc-3oc2c1. The molecule has 2 aromatic carbocycles. The van der Waals surface area contributed by atoms with Gasteiger partial charge in [-0.2, -0.15) is 8.42 Å². The Morgan fingerprint density at radius 1 is 0.938 bits per heavy atom. The molecule has 0 amide bonds. The van der Waals surface area contributed by atoms with Crippen LogP contribution in [0.4, 0.5) is 0 Å². The van der Waals surface area contributed by atoms with Crippen LogP contribution in [0.15, 0.2) is 75.0 Å². The summed E-state index contributed by atoms with van der Waals surface area (Å²) in [7, 11) is -4.44. The standard InChI is InChI=1S/C24H25N3O4S/c25-11-3-4-16-7-9-18-21(14-16)31-22-15-17(27-13-12-26)8-10-19(22)24(18)20-5-1-2-6-23(20)32(28,29)30/h1-2,5-10,14-15H,3-4,11-13,25-26H2,(H,28,29,30). The molecule has 2 aliphatic rings. The van der Waals surface area contributed by atoms with Gasteiger partial charge in [0.1, 0.15) is 16.2 Å². The van der Waals surface area contributed by atoms with E-state index in [9.17, 15) is 13.0 Å². The van der Waals surface area contributed by atoms with E-state index < -0.39 is 10.1 Å². The van der Waals surface area contributed by atoms with E-state index in [1.807, 2.05) is 36.4 Å². The van der Waals surface area contributed by atoms with E-state index in [0.29, 0.717) is 42.1 Å². The molecular formula is C24H25N3O4S. The van der Waals surface area contributed by atoms with Gasteiger partial charge in [-0.3, -0.25) is 9.55 Å². The number of fused-ring (bicyclic) bond motifs is 2. The summed E-state index contributed by atoms with van der Waals surface area (Å²) in [5, 5.41) is 1.47. The number of nitrogens with two attached hydrogens (primary N) is 2. The fourth-order valence-electron chi connectivity index (χ4n) is 3.87. The Bertz CT molecular complexity index is 1410. The number of aryl methyl sites for hydroxylation is 1. The van der Waals surface area contributed by atoms with Gasteiger partial charge in [0, 0.05) is 34.7 Å². The summed E-state index contributed by atoms with van der Waals surface area (Å²) in [4.78, 5) is 4.28. The summed E-state index contributed by atoms with van der Waals surface area (Å²) in [5.74, 6) is 0.562. The third-order valence-corrected chi connectivity index (χ3v) is 6.21. The third-order valence-electron chi connectivity index (χ3n) is 5.30. The van der Waals surface area contributed by atoms with Crippen LogP contribution in [0.25, 0.3) is 33.4 Å². The highest BCUT2D eigenvalue weighted by Gasteiger charge is 2.23. The van der Waals surface area contributed by atoms with Crippen molar-refractivity contribution < 1.29 is 17.4 Å². The molecule has 4 rings (SSSR count).